The van der Waals surface area contributed by atoms with E-state index in [1.165, 1.54) is 180 Å². The Labute approximate surface area is 366 Å². The van der Waals surface area contributed by atoms with Gasteiger partial charge in [0.05, 0.1) is 39.9 Å². The minimum atomic E-state index is -4.59. The number of phosphoric ester groups is 1. The van der Waals surface area contributed by atoms with Gasteiger partial charge in [-0.15, -0.1) is 0 Å². The molecule has 0 saturated carbocycles. The average Bonchev–Trinajstić information content (AvgIpc) is 3.19. The Kier molecular flexibility index (Phi) is 41.6. The molecule has 1 amide bonds. The summed E-state index contributed by atoms with van der Waals surface area (Å²) < 4.78 is 23.2. The Balaban J connectivity index is 4.18. The lowest BCUT2D eigenvalue weighted by Crippen LogP contribution is -2.45. The van der Waals surface area contributed by atoms with Crippen LogP contribution in [0.25, 0.3) is 0 Å². The SMILES string of the molecule is CCCCCCCCCCCC/C=C/C(O)C(COP(=O)([O-])OCC[N+](C)(C)C)NC(=O)CCCCCCCCCCC/C=C\CCCCCCCCCCCCCC. The molecule has 0 aromatic carbocycles. The minimum Gasteiger partial charge on any atom is -0.756 e. The van der Waals surface area contributed by atoms with Gasteiger partial charge in [-0.2, -0.15) is 0 Å². The number of hydrogen-bond acceptors (Lipinski definition) is 6. The van der Waals surface area contributed by atoms with Crippen LogP contribution >= 0.6 is 7.82 Å². The van der Waals surface area contributed by atoms with Gasteiger partial charge in [0.1, 0.15) is 13.2 Å². The third kappa shape index (κ3) is 44.8. The van der Waals surface area contributed by atoms with Gasteiger partial charge in [0.2, 0.25) is 5.91 Å². The molecule has 350 valence electrons. The molecule has 0 aliphatic carbocycles. The van der Waals surface area contributed by atoms with Crippen molar-refractivity contribution in [2.24, 2.45) is 0 Å². The highest BCUT2D eigenvalue weighted by Crippen LogP contribution is 2.38. The molecule has 0 spiro atoms. The Morgan fingerprint density at radius 1 is 0.576 bits per heavy atom. The predicted octanol–water partition coefficient (Wildman–Crippen LogP) is 13.8. The molecule has 0 aromatic rings. The van der Waals surface area contributed by atoms with Crippen LogP contribution in [0.5, 0.6) is 0 Å². The van der Waals surface area contributed by atoms with Crippen LogP contribution in [0.1, 0.15) is 239 Å². The van der Waals surface area contributed by atoms with E-state index in [9.17, 15) is 19.4 Å². The number of amides is 1. The van der Waals surface area contributed by atoms with Crippen LogP contribution in [-0.4, -0.2) is 68.5 Å². The molecule has 2 N–H and O–H groups in total. The number of aliphatic hydroxyl groups is 1. The zero-order valence-electron chi connectivity index (χ0n) is 39.7. The summed E-state index contributed by atoms with van der Waals surface area (Å²) in [7, 11) is 1.26. The Morgan fingerprint density at radius 3 is 1.32 bits per heavy atom. The van der Waals surface area contributed by atoms with Crippen molar-refractivity contribution >= 4 is 13.7 Å². The number of carbonyl (C=O) groups is 1. The van der Waals surface area contributed by atoms with Crippen molar-refractivity contribution in [2.45, 2.75) is 251 Å². The number of allylic oxidation sites excluding steroid dienone is 3. The monoisotopic (exact) mass is 855 g/mol. The Morgan fingerprint density at radius 2 is 0.932 bits per heavy atom. The van der Waals surface area contributed by atoms with Gasteiger partial charge in [-0.25, -0.2) is 0 Å². The molecule has 0 aliphatic rings. The molecule has 3 atom stereocenters. The maximum Gasteiger partial charge on any atom is 0.268 e. The number of nitrogens with one attached hydrogen (secondary N) is 1. The molecule has 0 aromatic heterocycles. The molecule has 0 rings (SSSR count). The lowest BCUT2D eigenvalue weighted by Gasteiger charge is -2.29. The van der Waals surface area contributed by atoms with Crippen molar-refractivity contribution in [1.29, 1.82) is 0 Å². The van der Waals surface area contributed by atoms with Gasteiger partial charge in [-0.05, 0) is 44.9 Å². The highest BCUT2D eigenvalue weighted by Gasteiger charge is 2.23. The maximum absolute atomic E-state index is 12.9. The molecule has 0 aliphatic heterocycles. The second kappa shape index (κ2) is 42.3. The van der Waals surface area contributed by atoms with E-state index in [0.29, 0.717) is 17.4 Å². The number of phosphoric acid groups is 1. The zero-order chi connectivity index (χ0) is 43.6. The third-order valence-corrected chi connectivity index (χ3v) is 12.4. The molecule has 9 heteroatoms. The number of unbranched alkanes of at least 4 members (excludes halogenated alkanes) is 31. The van der Waals surface area contributed by atoms with Gasteiger partial charge in [0.25, 0.3) is 7.82 Å². The van der Waals surface area contributed by atoms with Crippen LogP contribution in [0.3, 0.4) is 0 Å². The number of hydrogen-bond donors (Lipinski definition) is 2. The Bertz CT molecular complexity index is 1020. The van der Waals surface area contributed by atoms with Crippen LogP contribution in [0.15, 0.2) is 24.3 Å². The highest BCUT2D eigenvalue weighted by atomic mass is 31.2. The number of aliphatic hydroxyl groups excluding tert-OH is 1. The second-order valence-corrected chi connectivity index (χ2v) is 19.9. The number of carbonyl (C=O) groups excluding carboxylic acids is 1. The van der Waals surface area contributed by atoms with E-state index in [-0.39, 0.29) is 19.1 Å². The van der Waals surface area contributed by atoms with Crippen molar-refractivity contribution in [2.75, 3.05) is 40.9 Å². The summed E-state index contributed by atoms with van der Waals surface area (Å²) in [6, 6.07) is -0.884. The van der Waals surface area contributed by atoms with E-state index in [4.69, 9.17) is 9.05 Å². The molecule has 3 unspecified atom stereocenters. The first-order chi connectivity index (χ1) is 28.5. The lowest BCUT2D eigenvalue weighted by molar-refractivity contribution is -0.870. The number of likely N-dealkylation sites (N-methyl/N-ethyl adjacent to an activating group) is 1. The highest BCUT2D eigenvalue weighted by molar-refractivity contribution is 7.45. The quantitative estimate of drug-likeness (QED) is 0.0273. The van der Waals surface area contributed by atoms with Gasteiger partial charge in [-0.1, -0.05) is 212 Å². The average molecular weight is 855 g/mol. The first-order valence-electron chi connectivity index (χ1n) is 25.2. The molecular formula is C50H99N2O6P. The standard InChI is InChI=1S/C50H99N2O6P/c1-6-8-10-12-14-16-18-20-21-22-23-24-25-26-27-28-29-30-31-32-34-36-38-40-42-44-50(54)51-48(47-58-59(55,56)57-46-45-52(3,4)5)49(53)43-41-39-37-35-33-19-17-15-13-11-9-7-2/h26-27,41,43,48-49,53H,6-25,28-40,42,44-47H2,1-5H3,(H-,51,54,55,56)/b27-26-,43-41+. The van der Waals surface area contributed by atoms with Crippen molar-refractivity contribution in [3.05, 3.63) is 24.3 Å². The molecule has 0 fully saturated rings. The number of rotatable bonds is 46. The van der Waals surface area contributed by atoms with Gasteiger partial charge >= 0.3 is 0 Å². The smallest absolute Gasteiger partial charge is 0.268 e. The first-order valence-corrected chi connectivity index (χ1v) is 26.7. The summed E-state index contributed by atoms with van der Waals surface area (Å²) in [5, 5.41) is 13.8. The third-order valence-electron chi connectivity index (χ3n) is 11.4. The van der Waals surface area contributed by atoms with Crippen molar-refractivity contribution in [1.82, 2.24) is 5.32 Å². The van der Waals surface area contributed by atoms with Crippen molar-refractivity contribution in [3.8, 4) is 0 Å². The summed E-state index contributed by atoms with van der Waals surface area (Å²) >= 11 is 0. The van der Waals surface area contributed by atoms with E-state index in [1.807, 2.05) is 27.2 Å². The molecule has 0 radical (unpaired) electrons. The summed E-state index contributed by atoms with van der Waals surface area (Å²) in [6.07, 6.45) is 51.0. The lowest BCUT2D eigenvalue weighted by atomic mass is 10.0. The fraction of sp³-hybridized carbons (Fsp3) is 0.900. The molecule has 8 nitrogen and oxygen atoms in total. The van der Waals surface area contributed by atoms with Crippen LogP contribution in [0.2, 0.25) is 0 Å². The molecule has 59 heavy (non-hydrogen) atoms. The molecule has 0 saturated heterocycles. The Hall–Kier alpha value is -1.02. The summed E-state index contributed by atoms with van der Waals surface area (Å²) in [6.45, 7) is 4.65. The molecule has 0 bridgehead atoms. The van der Waals surface area contributed by atoms with Gasteiger partial charge in [0.15, 0.2) is 0 Å². The van der Waals surface area contributed by atoms with E-state index in [0.717, 1.165) is 38.5 Å². The van der Waals surface area contributed by atoms with Gasteiger partial charge in [-0.3, -0.25) is 9.36 Å². The molecular weight excluding hydrogens is 756 g/mol. The second-order valence-electron chi connectivity index (χ2n) is 18.5. The van der Waals surface area contributed by atoms with Crippen LogP contribution < -0.4 is 10.2 Å². The zero-order valence-corrected chi connectivity index (χ0v) is 40.6. The van der Waals surface area contributed by atoms with Gasteiger partial charge < -0.3 is 28.8 Å². The summed E-state index contributed by atoms with van der Waals surface area (Å²) in [5.74, 6) is -0.199. The molecule has 0 heterocycles. The largest absolute Gasteiger partial charge is 0.756 e. The van der Waals surface area contributed by atoms with Crippen LogP contribution in [0.4, 0.5) is 0 Å². The predicted molar refractivity (Wildman–Crippen MR) is 252 cm³/mol. The first kappa shape index (κ1) is 58.0. The van der Waals surface area contributed by atoms with Crippen molar-refractivity contribution in [3.63, 3.8) is 0 Å². The number of nitrogens with zero attached hydrogens (tertiary/aromatic N) is 1. The number of quaternary nitrogens is 1. The van der Waals surface area contributed by atoms with Crippen LogP contribution in [-0.2, 0) is 18.4 Å². The minimum absolute atomic E-state index is 0.000196. The van der Waals surface area contributed by atoms with E-state index >= 15 is 0 Å². The summed E-state index contributed by atoms with van der Waals surface area (Å²) in [5.41, 5.74) is 0. The fourth-order valence-corrected chi connectivity index (χ4v) is 8.11. The van der Waals surface area contributed by atoms with E-state index < -0.39 is 20.0 Å². The van der Waals surface area contributed by atoms with E-state index in [2.05, 4.69) is 31.3 Å². The maximum atomic E-state index is 12.9. The van der Waals surface area contributed by atoms with Crippen LogP contribution in [0, 0.1) is 0 Å². The van der Waals surface area contributed by atoms with Crippen molar-refractivity contribution < 1.29 is 32.9 Å². The fourth-order valence-electron chi connectivity index (χ4n) is 7.38. The topological polar surface area (TPSA) is 108 Å². The van der Waals surface area contributed by atoms with Gasteiger partial charge in [0, 0.05) is 6.42 Å². The summed E-state index contributed by atoms with van der Waals surface area (Å²) in [4.78, 5) is 25.3. The van der Waals surface area contributed by atoms with E-state index in [1.54, 1.807) is 6.08 Å². The normalized spacial score (nSPS) is 14.4.